The molecule has 1 aromatic rings. The fourth-order valence-electron chi connectivity index (χ4n) is 1.53. The lowest BCUT2D eigenvalue weighted by molar-refractivity contribution is 0.220. The van der Waals surface area contributed by atoms with Crippen molar-refractivity contribution in [1.82, 2.24) is 14.9 Å². The topological polar surface area (TPSA) is 64.3 Å². The summed E-state index contributed by atoms with van der Waals surface area (Å²) in [6, 6.07) is 2.74. The Morgan fingerprint density at radius 3 is 3.06 bits per heavy atom. The van der Waals surface area contributed by atoms with Gasteiger partial charge in [-0.15, -0.1) is 0 Å². The number of aromatic nitrogens is 2. The summed E-state index contributed by atoms with van der Waals surface area (Å²) in [7, 11) is 2.10. The minimum atomic E-state index is 0.257. The monoisotopic (exact) mass is 252 g/mol. The Kier molecular flexibility index (Phi) is 3.86. The summed E-state index contributed by atoms with van der Waals surface area (Å²) in [6.45, 7) is 1.46. The van der Waals surface area contributed by atoms with Gasteiger partial charge >= 0.3 is 6.01 Å². The van der Waals surface area contributed by atoms with Crippen LogP contribution in [0.1, 0.15) is 18.5 Å². The maximum absolute atomic E-state index is 5.48. The van der Waals surface area contributed by atoms with Crippen LogP contribution in [-0.2, 0) is 0 Å². The average molecular weight is 252 g/mol. The van der Waals surface area contributed by atoms with E-state index in [9.17, 15) is 0 Å². The van der Waals surface area contributed by atoms with E-state index in [-0.39, 0.29) is 4.99 Å². The van der Waals surface area contributed by atoms with E-state index < -0.39 is 0 Å². The summed E-state index contributed by atoms with van der Waals surface area (Å²) in [6.07, 6.45) is 4.19. The number of thiocarbonyl (C=S) groups is 1. The molecule has 0 unspecified atom stereocenters. The van der Waals surface area contributed by atoms with Gasteiger partial charge in [-0.1, -0.05) is 12.2 Å². The first-order valence-electron chi connectivity index (χ1n) is 5.62. The molecule has 1 aliphatic carbocycles. The van der Waals surface area contributed by atoms with Crippen molar-refractivity contribution in [3.63, 3.8) is 0 Å². The molecule has 1 aliphatic rings. The van der Waals surface area contributed by atoms with Gasteiger partial charge in [0.15, 0.2) is 0 Å². The fraction of sp³-hybridized carbons (Fsp3) is 0.545. The number of ether oxygens (including phenoxy) is 1. The van der Waals surface area contributed by atoms with Gasteiger partial charge < -0.3 is 15.4 Å². The van der Waals surface area contributed by atoms with Crippen molar-refractivity contribution < 1.29 is 4.74 Å². The van der Waals surface area contributed by atoms with Crippen molar-refractivity contribution >= 4 is 17.2 Å². The summed E-state index contributed by atoms with van der Waals surface area (Å²) in [5.41, 5.74) is 6.03. The Balaban J connectivity index is 1.81. The number of likely N-dealkylation sites (N-methyl/N-ethyl adjacent to an activating group) is 1. The highest BCUT2D eigenvalue weighted by Gasteiger charge is 2.25. The molecule has 2 rings (SSSR count). The van der Waals surface area contributed by atoms with Crippen molar-refractivity contribution in [2.75, 3.05) is 20.2 Å². The molecule has 0 atom stereocenters. The van der Waals surface area contributed by atoms with Crippen molar-refractivity contribution in [2.45, 2.75) is 18.9 Å². The molecule has 1 heterocycles. The molecule has 92 valence electrons. The summed E-state index contributed by atoms with van der Waals surface area (Å²) in [5, 5.41) is 0. The lowest BCUT2D eigenvalue weighted by atomic mass is 10.4. The Labute approximate surface area is 106 Å². The molecule has 0 spiro atoms. The van der Waals surface area contributed by atoms with Crippen LogP contribution in [0, 0.1) is 0 Å². The van der Waals surface area contributed by atoms with Gasteiger partial charge in [0.05, 0.1) is 0 Å². The van der Waals surface area contributed by atoms with E-state index in [1.165, 1.54) is 12.8 Å². The Hall–Kier alpha value is -1.27. The van der Waals surface area contributed by atoms with Crippen LogP contribution in [0.2, 0.25) is 0 Å². The van der Waals surface area contributed by atoms with E-state index in [1.54, 1.807) is 12.3 Å². The molecule has 0 bridgehead atoms. The molecule has 0 aromatic carbocycles. The largest absolute Gasteiger partial charge is 0.462 e. The molecule has 0 aliphatic heterocycles. The standard InChI is InChI=1S/C11H16N4OS/c1-15(8-2-3-8)6-7-16-11-13-5-4-9(14-11)10(12)17/h4-5,8H,2-3,6-7H2,1H3,(H2,12,17). The molecule has 1 fully saturated rings. The molecule has 1 aromatic heterocycles. The molecular weight excluding hydrogens is 236 g/mol. The highest BCUT2D eigenvalue weighted by molar-refractivity contribution is 7.80. The van der Waals surface area contributed by atoms with Crippen LogP contribution in [0.25, 0.3) is 0 Å². The second-order valence-corrected chi connectivity index (χ2v) is 4.59. The molecule has 6 heteroatoms. The number of hydrogen-bond donors (Lipinski definition) is 1. The van der Waals surface area contributed by atoms with Gasteiger partial charge in [-0.3, -0.25) is 0 Å². The normalized spacial score (nSPS) is 14.9. The van der Waals surface area contributed by atoms with E-state index >= 15 is 0 Å². The maximum Gasteiger partial charge on any atom is 0.317 e. The molecule has 0 radical (unpaired) electrons. The first-order valence-corrected chi connectivity index (χ1v) is 6.03. The van der Waals surface area contributed by atoms with Gasteiger partial charge in [0.1, 0.15) is 17.3 Å². The van der Waals surface area contributed by atoms with Crippen LogP contribution in [0.5, 0.6) is 6.01 Å². The van der Waals surface area contributed by atoms with Crippen molar-refractivity contribution in [3.05, 3.63) is 18.0 Å². The maximum atomic E-state index is 5.48. The molecular formula is C11H16N4OS. The zero-order chi connectivity index (χ0) is 12.3. The third-order valence-electron chi connectivity index (χ3n) is 2.73. The van der Waals surface area contributed by atoms with Crippen LogP contribution in [0.3, 0.4) is 0 Å². The van der Waals surface area contributed by atoms with Gasteiger partial charge in [0.2, 0.25) is 0 Å². The Morgan fingerprint density at radius 2 is 2.41 bits per heavy atom. The molecule has 0 amide bonds. The smallest absolute Gasteiger partial charge is 0.317 e. The first-order chi connectivity index (χ1) is 8.16. The summed E-state index contributed by atoms with van der Waals surface area (Å²) in [5.74, 6) is 0. The van der Waals surface area contributed by atoms with Crippen LogP contribution < -0.4 is 10.5 Å². The molecule has 17 heavy (non-hydrogen) atoms. The third-order valence-corrected chi connectivity index (χ3v) is 2.94. The zero-order valence-electron chi connectivity index (χ0n) is 9.80. The minimum absolute atomic E-state index is 0.257. The third kappa shape index (κ3) is 3.61. The summed E-state index contributed by atoms with van der Waals surface area (Å²) < 4.78 is 5.47. The lowest BCUT2D eigenvalue weighted by Crippen LogP contribution is -2.26. The van der Waals surface area contributed by atoms with E-state index in [2.05, 4.69) is 21.9 Å². The summed E-state index contributed by atoms with van der Waals surface area (Å²) >= 11 is 4.84. The van der Waals surface area contributed by atoms with Crippen molar-refractivity contribution in [3.8, 4) is 6.01 Å². The van der Waals surface area contributed by atoms with Crippen LogP contribution >= 0.6 is 12.2 Å². The first kappa shape index (κ1) is 12.2. The number of rotatable bonds is 6. The minimum Gasteiger partial charge on any atom is -0.462 e. The number of nitrogens with zero attached hydrogens (tertiary/aromatic N) is 3. The molecule has 1 saturated carbocycles. The summed E-state index contributed by atoms with van der Waals surface area (Å²) in [4.78, 5) is 10.7. The number of hydrogen-bond acceptors (Lipinski definition) is 5. The van der Waals surface area contributed by atoms with E-state index in [4.69, 9.17) is 22.7 Å². The highest BCUT2D eigenvalue weighted by atomic mass is 32.1. The zero-order valence-corrected chi connectivity index (χ0v) is 10.6. The van der Waals surface area contributed by atoms with Gasteiger partial charge in [0.25, 0.3) is 0 Å². The van der Waals surface area contributed by atoms with Crippen molar-refractivity contribution in [2.24, 2.45) is 5.73 Å². The second-order valence-electron chi connectivity index (χ2n) is 4.15. The van der Waals surface area contributed by atoms with E-state index in [0.717, 1.165) is 12.6 Å². The number of nitrogens with two attached hydrogens (primary N) is 1. The van der Waals surface area contributed by atoms with Crippen LogP contribution in [0.4, 0.5) is 0 Å². The molecule has 5 nitrogen and oxygen atoms in total. The van der Waals surface area contributed by atoms with Crippen molar-refractivity contribution in [1.29, 1.82) is 0 Å². The SMILES string of the molecule is CN(CCOc1nccc(C(N)=S)n1)C1CC1. The van der Waals surface area contributed by atoms with E-state index in [0.29, 0.717) is 18.3 Å². The highest BCUT2D eigenvalue weighted by Crippen LogP contribution is 2.24. The predicted molar refractivity (Wildman–Crippen MR) is 69.1 cm³/mol. The van der Waals surface area contributed by atoms with E-state index in [1.807, 2.05) is 0 Å². The lowest BCUT2D eigenvalue weighted by Gasteiger charge is -2.15. The molecule has 0 saturated heterocycles. The Bertz CT molecular complexity index is 408. The van der Waals surface area contributed by atoms with Crippen LogP contribution in [0.15, 0.2) is 12.3 Å². The second kappa shape index (κ2) is 5.37. The quantitative estimate of drug-likeness (QED) is 0.747. The fourth-order valence-corrected chi connectivity index (χ4v) is 1.64. The van der Waals surface area contributed by atoms with Gasteiger partial charge in [-0.2, -0.15) is 4.98 Å². The molecule has 2 N–H and O–H groups in total. The average Bonchev–Trinajstić information content (AvgIpc) is 3.13. The Morgan fingerprint density at radius 1 is 1.65 bits per heavy atom. The predicted octanol–water partition coefficient (Wildman–Crippen LogP) is 0.584. The van der Waals surface area contributed by atoms with Gasteiger partial charge in [-0.25, -0.2) is 4.98 Å². The van der Waals surface area contributed by atoms with Crippen LogP contribution in [-0.4, -0.2) is 46.1 Å². The van der Waals surface area contributed by atoms with Gasteiger partial charge in [0, 0.05) is 18.8 Å². The van der Waals surface area contributed by atoms with Gasteiger partial charge in [-0.05, 0) is 26.0 Å².